The third-order valence-electron chi connectivity index (χ3n) is 4.37. The summed E-state index contributed by atoms with van der Waals surface area (Å²) in [5, 5.41) is 3.44. The maximum Gasteiger partial charge on any atom is 0.0114 e. The van der Waals surface area contributed by atoms with Crippen molar-refractivity contribution in [3.8, 4) is 0 Å². The van der Waals surface area contributed by atoms with Crippen LogP contribution in [0.3, 0.4) is 0 Å². The summed E-state index contributed by atoms with van der Waals surface area (Å²) in [4.78, 5) is 5.15. The molecule has 3 unspecified atom stereocenters. The summed E-state index contributed by atoms with van der Waals surface area (Å²) < 4.78 is 0. The number of nitrogens with zero attached hydrogens (tertiary/aromatic N) is 2. The Morgan fingerprint density at radius 2 is 2.00 bits per heavy atom. The number of piperidine rings is 1. The Labute approximate surface area is 100 Å². The topological polar surface area (TPSA) is 18.5 Å². The van der Waals surface area contributed by atoms with Crippen molar-refractivity contribution in [1.82, 2.24) is 15.1 Å². The SMILES string of the molecule is CNC1CCN(CC2CCN(C)C2)CC1C. The van der Waals surface area contributed by atoms with Crippen LogP contribution in [0.2, 0.25) is 0 Å². The lowest BCUT2D eigenvalue weighted by Crippen LogP contribution is -2.48. The molecule has 2 aliphatic heterocycles. The normalized spacial score (nSPS) is 38.1. The van der Waals surface area contributed by atoms with Crippen LogP contribution < -0.4 is 5.32 Å². The van der Waals surface area contributed by atoms with Crippen molar-refractivity contribution in [2.24, 2.45) is 11.8 Å². The minimum Gasteiger partial charge on any atom is -0.317 e. The first-order valence-electron chi connectivity index (χ1n) is 6.77. The summed E-state index contributed by atoms with van der Waals surface area (Å²) >= 11 is 0. The van der Waals surface area contributed by atoms with Gasteiger partial charge in [0.25, 0.3) is 0 Å². The Bertz CT molecular complexity index is 219. The highest BCUT2D eigenvalue weighted by atomic mass is 15.2. The van der Waals surface area contributed by atoms with E-state index in [4.69, 9.17) is 0 Å². The first-order chi connectivity index (χ1) is 7.69. The minimum absolute atomic E-state index is 0.738. The van der Waals surface area contributed by atoms with E-state index in [9.17, 15) is 0 Å². The monoisotopic (exact) mass is 225 g/mol. The molecule has 0 radical (unpaired) electrons. The summed E-state index contributed by atoms with van der Waals surface area (Å²) in [5.41, 5.74) is 0. The third-order valence-corrected chi connectivity index (χ3v) is 4.37. The smallest absolute Gasteiger partial charge is 0.0114 e. The van der Waals surface area contributed by atoms with Crippen molar-refractivity contribution in [3.63, 3.8) is 0 Å². The zero-order chi connectivity index (χ0) is 11.5. The molecule has 2 rings (SSSR count). The molecule has 3 heteroatoms. The lowest BCUT2D eigenvalue weighted by atomic mass is 9.93. The van der Waals surface area contributed by atoms with Crippen LogP contribution in [0.1, 0.15) is 19.8 Å². The Hall–Kier alpha value is -0.120. The van der Waals surface area contributed by atoms with Crippen molar-refractivity contribution in [1.29, 1.82) is 0 Å². The van der Waals surface area contributed by atoms with Gasteiger partial charge in [-0.1, -0.05) is 6.92 Å². The van der Waals surface area contributed by atoms with Crippen molar-refractivity contribution in [2.45, 2.75) is 25.8 Å². The van der Waals surface area contributed by atoms with Crippen LogP contribution in [0.5, 0.6) is 0 Å². The Morgan fingerprint density at radius 3 is 2.56 bits per heavy atom. The number of hydrogen-bond acceptors (Lipinski definition) is 3. The highest BCUT2D eigenvalue weighted by Crippen LogP contribution is 2.21. The van der Waals surface area contributed by atoms with E-state index >= 15 is 0 Å². The van der Waals surface area contributed by atoms with Crippen LogP contribution >= 0.6 is 0 Å². The van der Waals surface area contributed by atoms with Crippen molar-refractivity contribution in [2.75, 3.05) is 46.8 Å². The Morgan fingerprint density at radius 1 is 1.19 bits per heavy atom. The summed E-state index contributed by atoms with van der Waals surface area (Å²) in [5.74, 6) is 1.72. The molecule has 2 aliphatic rings. The van der Waals surface area contributed by atoms with Gasteiger partial charge in [0, 0.05) is 25.7 Å². The molecular formula is C13H27N3. The minimum atomic E-state index is 0.738. The van der Waals surface area contributed by atoms with Gasteiger partial charge in [-0.25, -0.2) is 0 Å². The fourth-order valence-electron chi connectivity index (χ4n) is 3.37. The second-order valence-corrected chi connectivity index (χ2v) is 5.84. The van der Waals surface area contributed by atoms with Gasteiger partial charge in [0.15, 0.2) is 0 Å². The molecule has 1 N–H and O–H groups in total. The van der Waals surface area contributed by atoms with Gasteiger partial charge in [-0.05, 0) is 51.9 Å². The van der Waals surface area contributed by atoms with E-state index in [2.05, 4.69) is 36.1 Å². The van der Waals surface area contributed by atoms with Crippen molar-refractivity contribution in [3.05, 3.63) is 0 Å². The van der Waals surface area contributed by atoms with Gasteiger partial charge in [-0.15, -0.1) is 0 Å². The highest BCUT2D eigenvalue weighted by molar-refractivity contribution is 4.84. The molecule has 0 amide bonds. The Balaban J connectivity index is 1.75. The van der Waals surface area contributed by atoms with Crippen LogP contribution in [0, 0.1) is 11.8 Å². The predicted octanol–water partition coefficient (Wildman–Crippen LogP) is 0.868. The average molecular weight is 225 g/mol. The zero-order valence-electron chi connectivity index (χ0n) is 11.1. The number of likely N-dealkylation sites (tertiary alicyclic amines) is 2. The molecule has 0 spiro atoms. The van der Waals surface area contributed by atoms with Gasteiger partial charge in [0.05, 0.1) is 0 Å². The predicted molar refractivity (Wildman–Crippen MR) is 68.7 cm³/mol. The first-order valence-corrected chi connectivity index (χ1v) is 6.77. The van der Waals surface area contributed by atoms with Gasteiger partial charge < -0.3 is 15.1 Å². The molecule has 0 saturated carbocycles. The molecule has 2 saturated heterocycles. The fourth-order valence-corrected chi connectivity index (χ4v) is 3.37. The molecule has 0 aliphatic carbocycles. The molecule has 0 aromatic carbocycles. The van der Waals surface area contributed by atoms with E-state index < -0.39 is 0 Å². The van der Waals surface area contributed by atoms with E-state index in [1.807, 2.05) is 0 Å². The van der Waals surface area contributed by atoms with Gasteiger partial charge in [-0.3, -0.25) is 0 Å². The molecule has 3 nitrogen and oxygen atoms in total. The third kappa shape index (κ3) is 2.96. The zero-order valence-corrected chi connectivity index (χ0v) is 11.1. The average Bonchev–Trinajstić information content (AvgIpc) is 2.64. The standard InChI is InChI=1S/C13H27N3/c1-11-8-16(7-5-13(11)14-2)10-12-4-6-15(3)9-12/h11-14H,4-10H2,1-3H3. The molecule has 0 bridgehead atoms. The summed E-state index contributed by atoms with van der Waals surface area (Å²) in [7, 11) is 4.35. The van der Waals surface area contributed by atoms with E-state index in [1.54, 1.807) is 0 Å². The molecule has 0 aromatic heterocycles. The molecular weight excluding hydrogens is 198 g/mol. The van der Waals surface area contributed by atoms with Crippen LogP contribution in [-0.2, 0) is 0 Å². The maximum atomic E-state index is 3.44. The lowest BCUT2D eigenvalue weighted by Gasteiger charge is -2.37. The van der Waals surface area contributed by atoms with Gasteiger partial charge in [0.2, 0.25) is 0 Å². The molecule has 0 aromatic rings. The number of hydrogen-bond donors (Lipinski definition) is 1. The van der Waals surface area contributed by atoms with Crippen LogP contribution in [0.25, 0.3) is 0 Å². The van der Waals surface area contributed by atoms with Crippen molar-refractivity contribution >= 4 is 0 Å². The van der Waals surface area contributed by atoms with E-state index in [1.165, 1.54) is 45.6 Å². The first kappa shape index (κ1) is 12.3. The van der Waals surface area contributed by atoms with Gasteiger partial charge in [-0.2, -0.15) is 0 Å². The van der Waals surface area contributed by atoms with Crippen molar-refractivity contribution < 1.29 is 0 Å². The van der Waals surface area contributed by atoms with Crippen LogP contribution in [-0.4, -0.2) is 62.7 Å². The summed E-state index contributed by atoms with van der Waals surface area (Å²) in [6.07, 6.45) is 2.72. The quantitative estimate of drug-likeness (QED) is 0.769. The van der Waals surface area contributed by atoms with E-state index in [0.717, 1.165) is 17.9 Å². The van der Waals surface area contributed by atoms with Gasteiger partial charge >= 0.3 is 0 Å². The molecule has 2 fully saturated rings. The molecule has 16 heavy (non-hydrogen) atoms. The fraction of sp³-hybridized carbons (Fsp3) is 1.00. The highest BCUT2D eigenvalue weighted by Gasteiger charge is 2.28. The van der Waals surface area contributed by atoms with Gasteiger partial charge in [0.1, 0.15) is 0 Å². The van der Waals surface area contributed by atoms with E-state index in [0.29, 0.717) is 0 Å². The Kier molecular flexibility index (Phi) is 4.22. The summed E-state index contributed by atoms with van der Waals surface area (Å²) in [6.45, 7) is 8.88. The maximum absolute atomic E-state index is 3.44. The molecule has 94 valence electrons. The lowest BCUT2D eigenvalue weighted by molar-refractivity contribution is 0.133. The molecule has 3 atom stereocenters. The van der Waals surface area contributed by atoms with E-state index in [-0.39, 0.29) is 0 Å². The van der Waals surface area contributed by atoms with Crippen LogP contribution in [0.4, 0.5) is 0 Å². The second kappa shape index (κ2) is 5.48. The summed E-state index contributed by atoms with van der Waals surface area (Å²) in [6, 6.07) is 0.738. The largest absolute Gasteiger partial charge is 0.317 e. The number of nitrogens with one attached hydrogen (secondary N) is 1. The van der Waals surface area contributed by atoms with Crippen LogP contribution in [0.15, 0.2) is 0 Å². The molecule has 2 heterocycles. The number of rotatable bonds is 3. The second-order valence-electron chi connectivity index (χ2n) is 5.84.